The molecule has 0 amide bonds. The highest BCUT2D eigenvalue weighted by Gasteiger charge is 2.36. The summed E-state index contributed by atoms with van der Waals surface area (Å²) in [6.07, 6.45) is 5.57. The summed E-state index contributed by atoms with van der Waals surface area (Å²) in [5.74, 6) is 1.96. The zero-order valence-electron chi connectivity index (χ0n) is 21.6. The van der Waals surface area contributed by atoms with E-state index >= 15 is 0 Å². The lowest BCUT2D eigenvalue weighted by Crippen LogP contribution is -2.35. The number of hydrogen-bond acceptors (Lipinski definition) is 5. The van der Waals surface area contributed by atoms with Gasteiger partial charge in [-0.1, -0.05) is 65.0 Å². The SMILES string of the molecule is C=CN=C1/C(=C\C)C(C(=O)c2ccc(Oc3ccccc3)cc2)=NN1C1CCNC1.CC.CCC. The molecule has 0 aromatic heterocycles. The molecule has 6 nitrogen and oxygen atoms in total. The summed E-state index contributed by atoms with van der Waals surface area (Å²) in [6.45, 7) is 15.6. The van der Waals surface area contributed by atoms with Crippen LogP contribution < -0.4 is 10.1 Å². The van der Waals surface area contributed by atoms with Crippen molar-refractivity contribution in [3.63, 3.8) is 0 Å². The van der Waals surface area contributed by atoms with Crippen molar-refractivity contribution in [3.05, 3.63) is 84.6 Å². The normalized spacial score (nSPS) is 18.8. The molecule has 1 atom stereocenters. The third-order valence-corrected chi connectivity index (χ3v) is 5.11. The number of ketones is 1. The van der Waals surface area contributed by atoms with E-state index in [4.69, 9.17) is 4.74 Å². The number of carbonyl (C=O) groups excluding carboxylic acids is 1. The van der Waals surface area contributed by atoms with Crippen LogP contribution in [0.1, 0.15) is 57.8 Å². The Morgan fingerprint density at radius 3 is 2.31 bits per heavy atom. The van der Waals surface area contributed by atoms with Gasteiger partial charge in [-0.05, 0) is 56.3 Å². The Morgan fingerprint density at radius 1 is 1.14 bits per heavy atom. The number of nitrogens with zero attached hydrogens (tertiary/aromatic N) is 3. The van der Waals surface area contributed by atoms with Crippen LogP contribution in [-0.4, -0.2) is 41.5 Å². The molecule has 0 saturated carbocycles. The molecule has 2 heterocycles. The van der Waals surface area contributed by atoms with Gasteiger partial charge < -0.3 is 10.1 Å². The number of aliphatic imine (C=N–C) groups is 1. The molecule has 0 spiro atoms. The molecule has 186 valence electrons. The van der Waals surface area contributed by atoms with Crippen LogP contribution in [-0.2, 0) is 0 Å². The monoisotopic (exact) mass is 474 g/mol. The highest BCUT2D eigenvalue weighted by molar-refractivity contribution is 6.57. The predicted octanol–water partition coefficient (Wildman–Crippen LogP) is 6.63. The first kappa shape index (κ1) is 27.7. The summed E-state index contributed by atoms with van der Waals surface area (Å²) in [6, 6.07) is 16.8. The second-order valence-electron chi connectivity index (χ2n) is 7.75. The summed E-state index contributed by atoms with van der Waals surface area (Å²) in [7, 11) is 0. The van der Waals surface area contributed by atoms with Gasteiger partial charge in [-0.2, -0.15) is 5.10 Å². The average molecular weight is 475 g/mol. The zero-order valence-corrected chi connectivity index (χ0v) is 21.6. The maximum atomic E-state index is 13.3. The number of Topliss-reactive ketones (excluding diaryl/α,β-unsaturated/α-hetero) is 1. The highest BCUT2D eigenvalue weighted by Crippen LogP contribution is 2.26. The molecule has 2 aromatic carbocycles. The van der Waals surface area contributed by atoms with Gasteiger partial charge in [0.15, 0.2) is 5.84 Å². The maximum absolute atomic E-state index is 13.3. The molecule has 0 bridgehead atoms. The van der Waals surface area contributed by atoms with Gasteiger partial charge in [-0.15, -0.1) is 0 Å². The van der Waals surface area contributed by atoms with E-state index in [1.165, 1.54) is 12.6 Å². The van der Waals surface area contributed by atoms with Crippen LogP contribution in [0.3, 0.4) is 0 Å². The van der Waals surface area contributed by atoms with Crippen molar-refractivity contribution in [2.75, 3.05) is 13.1 Å². The average Bonchev–Trinajstić information content (AvgIpc) is 3.55. The van der Waals surface area contributed by atoms with E-state index in [-0.39, 0.29) is 11.8 Å². The van der Waals surface area contributed by atoms with E-state index in [1.807, 2.05) is 62.2 Å². The van der Waals surface area contributed by atoms with Crippen LogP contribution in [0.5, 0.6) is 11.5 Å². The van der Waals surface area contributed by atoms with Gasteiger partial charge >= 0.3 is 0 Å². The van der Waals surface area contributed by atoms with Crippen molar-refractivity contribution in [1.82, 2.24) is 10.3 Å². The Morgan fingerprint density at radius 2 is 1.77 bits per heavy atom. The molecule has 0 radical (unpaired) electrons. The lowest BCUT2D eigenvalue weighted by Gasteiger charge is -2.21. The summed E-state index contributed by atoms with van der Waals surface area (Å²) in [4.78, 5) is 17.7. The molecule has 2 aliphatic heterocycles. The molecule has 0 aliphatic carbocycles. The van der Waals surface area contributed by atoms with E-state index in [2.05, 4.69) is 35.8 Å². The lowest BCUT2D eigenvalue weighted by molar-refractivity contribution is 0.106. The summed E-state index contributed by atoms with van der Waals surface area (Å²) < 4.78 is 5.82. The van der Waals surface area contributed by atoms with Crippen LogP contribution in [0.15, 0.2) is 89.1 Å². The van der Waals surface area contributed by atoms with Gasteiger partial charge in [-0.25, -0.2) is 10.0 Å². The third kappa shape index (κ3) is 7.23. The van der Waals surface area contributed by atoms with Crippen LogP contribution in [0.25, 0.3) is 0 Å². The van der Waals surface area contributed by atoms with Crippen molar-refractivity contribution in [2.45, 2.75) is 53.5 Å². The lowest BCUT2D eigenvalue weighted by atomic mass is 10.0. The van der Waals surface area contributed by atoms with Crippen molar-refractivity contribution < 1.29 is 9.53 Å². The Kier molecular flexibility index (Phi) is 11.6. The Hall–Kier alpha value is -3.51. The van der Waals surface area contributed by atoms with E-state index < -0.39 is 0 Å². The largest absolute Gasteiger partial charge is 0.457 e. The smallest absolute Gasteiger partial charge is 0.213 e. The minimum atomic E-state index is -0.139. The number of ether oxygens (including phenoxy) is 1. The maximum Gasteiger partial charge on any atom is 0.213 e. The first-order chi connectivity index (χ1) is 17.1. The number of allylic oxidation sites excluding steroid dienone is 1. The van der Waals surface area contributed by atoms with E-state index in [0.717, 1.165) is 30.8 Å². The highest BCUT2D eigenvalue weighted by atomic mass is 16.5. The van der Waals surface area contributed by atoms with Crippen molar-refractivity contribution >= 4 is 17.3 Å². The van der Waals surface area contributed by atoms with Gasteiger partial charge in [0.1, 0.15) is 17.2 Å². The molecule has 1 unspecified atom stereocenters. The molecule has 4 rings (SSSR count). The van der Waals surface area contributed by atoms with Gasteiger partial charge in [-0.3, -0.25) is 4.79 Å². The topological polar surface area (TPSA) is 66.3 Å². The number of nitrogens with one attached hydrogen (secondary N) is 1. The molecule has 2 aliphatic rings. The minimum Gasteiger partial charge on any atom is -0.457 e. The zero-order chi connectivity index (χ0) is 25.6. The summed E-state index contributed by atoms with van der Waals surface area (Å²) >= 11 is 0. The van der Waals surface area contributed by atoms with Gasteiger partial charge in [0, 0.05) is 23.9 Å². The molecular formula is C29H38N4O2. The second kappa shape index (κ2) is 14.7. The van der Waals surface area contributed by atoms with Crippen LogP contribution in [0, 0.1) is 0 Å². The fraction of sp³-hybridized carbons (Fsp3) is 0.345. The number of amidine groups is 1. The van der Waals surface area contributed by atoms with E-state index in [1.54, 1.807) is 24.3 Å². The van der Waals surface area contributed by atoms with Crippen molar-refractivity contribution in [3.8, 4) is 11.5 Å². The molecule has 6 heteroatoms. The van der Waals surface area contributed by atoms with E-state index in [0.29, 0.717) is 22.9 Å². The third-order valence-electron chi connectivity index (χ3n) is 5.11. The predicted molar refractivity (Wildman–Crippen MR) is 147 cm³/mol. The van der Waals surface area contributed by atoms with Crippen molar-refractivity contribution in [1.29, 1.82) is 0 Å². The van der Waals surface area contributed by atoms with Gasteiger partial charge in [0.2, 0.25) is 5.78 Å². The fourth-order valence-electron chi connectivity index (χ4n) is 3.63. The molecule has 1 saturated heterocycles. The molecule has 2 aromatic rings. The molecule has 1 N–H and O–H groups in total. The molecule has 35 heavy (non-hydrogen) atoms. The number of para-hydroxylation sites is 1. The Labute approximate surface area is 210 Å². The van der Waals surface area contributed by atoms with Gasteiger partial charge in [0.05, 0.1) is 6.04 Å². The number of carbonyl (C=O) groups is 1. The standard InChI is InChI=1S/C24H24N4O2.C3H8.C2H6/c1-3-21-22(27-28(24(21)26-4-2)18-14-15-25-16-18)23(29)17-10-12-20(13-11-17)30-19-8-6-5-7-9-19;1-3-2;1-2/h3-13,18,25H,2,14-16H2,1H3;3H2,1-2H3;1-2H3/b21-3-,26-24?;;. The Balaban J connectivity index is 0.000000803. The second-order valence-corrected chi connectivity index (χ2v) is 7.75. The quantitative estimate of drug-likeness (QED) is 0.478. The van der Waals surface area contributed by atoms with Crippen LogP contribution in [0.4, 0.5) is 0 Å². The molecule has 1 fully saturated rings. The number of hydrogen-bond donors (Lipinski definition) is 1. The fourth-order valence-corrected chi connectivity index (χ4v) is 3.63. The van der Waals surface area contributed by atoms with Crippen molar-refractivity contribution in [2.24, 2.45) is 10.1 Å². The molecular weight excluding hydrogens is 436 g/mol. The number of hydrazone groups is 1. The summed E-state index contributed by atoms with van der Waals surface area (Å²) in [5.41, 5.74) is 1.69. The first-order valence-electron chi connectivity index (χ1n) is 12.4. The number of rotatable bonds is 6. The minimum absolute atomic E-state index is 0.139. The Bertz CT molecular complexity index is 1030. The van der Waals surface area contributed by atoms with E-state index in [9.17, 15) is 4.79 Å². The van der Waals surface area contributed by atoms with Crippen LogP contribution >= 0.6 is 0 Å². The van der Waals surface area contributed by atoms with Crippen LogP contribution in [0.2, 0.25) is 0 Å². The van der Waals surface area contributed by atoms with Gasteiger partial charge in [0.25, 0.3) is 0 Å². The summed E-state index contributed by atoms with van der Waals surface area (Å²) in [5, 5.41) is 9.87. The number of benzene rings is 2. The first-order valence-corrected chi connectivity index (χ1v) is 12.4.